The van der Waals surface area contributed by atoms with E-state index in [1.807, 2.05) is 0 Å². The van der Waals surface area contributed by atoms with Crippen molar-refractivity contribution >= 4 is 23.8 Å². The minimum absolute atomic E-state index is 0.213. The van der Waals surface area contributed by atoms with Gasteiger partial charge in [-0.05, 0) is 13.8 Å². The summed E-state index contributed by atoms with van der Waals surface area (Å²) in [5.74, 6) is -2.49. The second kappa shape index (κ2) is 10.0. The molecule has 1 saturated heterocycles. The summed E-state index contributed by atoms with van der Waals surface area (Å²) in [5.41, 5.74) is -1.10. The number of carbonyl (C=O) groups excluding carboxylic acids is 4. The van der Waals surface area contributed by atoms with Crippen molar-refractivity contribution in [3.8, 4) is 0 Å². The predicted octanol–water partition coefficient (Wildman–Crippen LogP) is -0.666. The molecule has 0 radical (unpaired) electrons. The fourth-order valence-electron chi connectivity index (χ4n) is 3.22. The van der Waals surface area contributed by atoms with Crippen LogP contribution >= 0.6 is 0 Å². The van der Waals surface area contributed by atoms with E-state index in [0.717, 1.165) is 13.8 Å². The molecule has 2 heterocycles. The van der Waals surface area contributed by atoms with Crippen LogP contribution in [-0.2, 0) is 43.7 Å². The van der Waals surface area contributed by atoms with Crippen LogP contribution in [0.4, 0.5) is 0 Å². The van der Waals surface area contributed by atoms with Gasteiger partial charge in [-0.25, -0.2) is 4.68 Å². The molecule has 13 nitrogen and oxygen atoms in total. The van der Waals surface area contributed by atoms with Crippen LogP contribution in [-0.4, -0.2) is 74.9 Å². The molecule has 1 aliphatic rings. The molecule has 0 spiro atoms. The lowest BCUT2D eigenvalue weighted by atomic mass is 9.95. The minimum Gasteiger partial charge on any atom is -0.463 e. The third kappa shape index (κ3) is 6.47. The van der Waals surface area contributed by atoms with Crippen LogP contribution in [0.3, 0.4) is 0 Å². The molecule has 5 atom stereocenters. The first-order valence-corrected chi connectivity index (χ1v) is 9.84. The van der Waals surface area contributed by atoms with Gasteiger partial charge in [0.2, 0.25) is 5.91 Å². The number of aliphatic hydroxyl groups is 1. The molecule has 178 valence electrons. The second-order valence-electron chi connectivity index (χ2n) is 7.88. The maximum Gasteiger partial charge on any atom is 0.303 e. The Morgan fingerprint density at radius 2 is 1.69 bits per heavy atom. The molecule has 0 unspecified atom stereocenters. The van der Waals surface area contributed by atoms with Crippen molar-refractivity contribution in [2.45, 2.75) is 77.7 Å². The number of esters is 3. The van der Waals surface area contributed by atoms with E-state index in [1.54, 1.807) is 0 Å². The molecule has 1 amide bonds. The average Bonchev–Trinajstić information content (AvgIpc) is 3.12. The van der Waals surface area contributed by atoms with Gasteiger partial charge in [-0.2, -0.15) is 0 Å². The molecule has 2 rings (SSSR count). The van der Waals surface area contributed by atoms with Gasteiger partial charge < -0.3 is 29.4 Å². The van der Waals surface area contributed by atoms with Crippen LogP contribution in [0.5, 0.6) is 0 Å². The lowest BCUT2D eigenvalue weighted by molar-refractivity contribution is -0.239. The zero-order valence-corrected chi connectivity index (χ0v) is 18.7. The Morgan fingerprint density at radius 3 is 2.16 bits per heavy atom. The highest BCUT2D eigenvalue weighted by Crippen LogP contribution is 2.33. The summed E-state index contributed by atoms with van der Waals surface area (Å²) in [6.45, 7) is 7.44. The van der Waals surface area contributed by atoms with Crippen molar-refractivity contribution in [3.05, 3.63) is 11.9 Å². The third-order valence-corrected chi connectivity index (χ3v) is 4.49. The zero-order valence-electron chi connectivity index (χ0n) is 18.7. The van der Waals surface area contributed by atoms with Crippen LogP contribution in [0.1, 0.15) is 53.5 Å². The summed E-state index contributed by atoms with van der Waals surface area (Å²) < 4.78 is 23.0. The summed E-state index contributed by atoms with van der Waals surface area (Å²) in [6, 6.07) is -1.06. The molecule has 0 aliphatic carbocycles. The lowest BCUT2D eigenvalue weighted by Gasteiger charge is -2.45. The van der Waals surface area contributed by atoms with Crippen molar-refractivity contribution in [1.82, 2.24) is 20.3 Å². The molecule has 0 saturated carbocycles. The van der Waals surface area contributed by atoms with Gasteiger partial charge in [-0.3, -0.25) is 19.2 Å². The average molecular weight is 456 g/mol. The third-order valence-electron chi connectivity index (χ3n) is 4.49. The second-order valence-corrected chi connectivity index (χ2v) is 7.88. The normalized spacial score (nSPS) is 25.5. The van der Waals surface area contributed by atoms with Crippen LogP contribution < -0.4 is 5.32 Å². The van der Waals surface area contributed by atoms with Gasteiger partial charge in [0.05, 0.1) is 6.20 Å². The van der Waals surface area contributed by atoms with Gasteiger partial charge in [0.25, 0.3) is 0 Å². The molecule has 0 aromatic carbocycles. The number of ether oxygens (including phenoxy) is 4. The first-order valence-electron chi connectivity index (χ1n) is 9.84. The number of hydrogen-bond donors (Lipinski definition) is 2. The SMILES string of the molecule is CC(=O)N[C@@H]1[C@@H](OC(C)=O)[C@H](OC(C)=O)[C@@H](COC(C)=O)O[C@H]1n1cc(C(C)(C)O)nn1. The van der Waals surface area contributed by atoms with Gasteiger partial charge in [-0.1, -0.05) is 5.21 Å². The van der Waals surface area contributed by atoms with E-state index in [4.69, 9.17) is 18.9 Å². The predicted molar refractivity (Wildman–Crippen MR) is 105 cm³/mol. The largest absolute Gasteiger partial charge is 0.463 e. The maximum absolute atomic E-state index is 11.9. The molecule has 1 aromatic heterocycles. The minimum atomic E-state index is -1.32. The number of carbonyl (C=O) groups is 4. The smallest absolute Gasteiger partial charge is 0.303 e. The van der Waals surface area contributed by atoms with Crippen LogP contribution in [0.25, 0.3) is 0 Å². The molecule has 1 aliphatic heterocycles. The van der Waals surface area contributed by atoms with Crippen molar-refractivity contribution in [1.29, 1.82) is 0 Å². The summed E-state index contributed by atoms with van der Waals surface area (Å²) in [4.78, 5) is 46.9. The van der Waals surface area contributed by atoms with E-state index in [9.17, 15) is 24.3 Å². The molecule has 13 heteroatoms. The number of nitrogens with zero attached hydrogens (tertiary/aromatic N) is 3. The standard InChI is InChI=1S/C19H28N4O9/c1-9(24)20-15-17(31-12(4)27)16(30-11(3)26)13(8-29-10(2)25)32-18(15)23-7-14(21-22-23)19(5,6)28/h7,13,15-18,28H,8H2,1-6H3,(H,20,24)/t13-,15-,16-,17-,18-/m1/s1. The van der Waals surface area contributed by atoms with Gasteiger partial charge in [0.15, 0.2) is 18.4 Å². The number of amides is 1. The summed E-state index contributed by atoms with van der Waals surface area (Å²) >= 11 is 0. The fraction of sp³-hybridized carbons (Fsp3) is 0.684. The molecule has 1 fully saturated rings. The maximum atomic E-state index is 11.9. The zero-order chi connectivity index (χ0) is 24.2. The van der Waals surface area contributed by atoms with Crippen LogP contribution in [0.15, 0.2) is 6.20 Å². The number of nitrogens with one attached hydrogen (secondary N) is 1. The summed E-state index contributed by atoms with van der Waals surface area (Å²) in [7, 11) is 0. The number of aromatic nitrogens is 3. The Labute approximate surface area is 184 Å². The Morgan fingerprint density at radius 1 is 1.09 bits per heavy atom. The van der Waals surface area contributed by atoms with Crippen molar-refractivity contribution in [2.24, 2.45) is 0 Å². The molecule has 32 heavy (non-hydrogen) atoms. The first-order chi connectivity index (χ1) is 14.8. The Bertz CT molecular complexity index is 863. The molecule has 1 aromatic rings. The summed E-state index contributed by atoms with van der Waals surface area (Å²) in [5, 5.41) is 20.7. The topological polar surface area (TPSA) is 168 Å². The Balaban J connectivity index is 2.54. The molecular formula is C19H28N4O9. The van der Waals surface area contributed by atoms with Crippen LogP contribution in [0, 0.1) is 0 Å². The number of rotatable bonds is 7. The Hall–Kier alpha value is -3.06. The van der Waals surface area contributed by atoms with E-state index in [0.29, 0.717) is 0 Å². The first kappa shape index (κ1) is 25.2. The van der Waals surface area contributed by atoms with E-state index < -0.39 is 60.0 Å². The highest BCUT2D eigenvalue weighted by molar-refractivity contribution is 5.73. The van der Waals surface area contributed by atoms with Crippen molar-refractivity contribution in [3.63, 3.8) is 0 Å². The lowest BCUT2D eigenvalue weighted by Crippen LogP contribution is -2.64. The van der Waals surface area contributed by atoms with Gasteiger partial charge in [-0.15, -0.1) is 5.10 Å². The van der Waals surface area contributed by atoms with Crippen molar-refractivity contribution in [2.75, 3.05) is 6.61 Å². The van der Waals surface area contributed by atoms with Gasteiger partial charge >= 0.3 is 17.9 Å². The highest BCUT2D eigenvalue weighted by Gasteiger charge is 2.52. The van der Waals surface area contributed by atoms with Gasteiger partial charge in [0, 0.05) is 27.7 Å². The quantitative estimate of drug-likeness (QED) is 0.394. The van der Waals surface area contributed by atoms with Crippen LogP contribution in [0.2, 0.25) is 0 Å². The van der Waals surface area contributed by atoms with E-state index in [-0.39, 0.29) is 12.3 Å². The van der Waals surface area contributed by atoms with Gasteiger partial charge in [0.1, 0.15) is 30.0 Å². The highest BCUT2D eigenvalue weighted by atomic mass is 16.6. The van der Waals surface area contributed by atoms with Crippen molar-refractivity contribution < 1.29 is 43.2 Å². The molecular weight excluding hydrogens is 428 g/mol. The van der Waals surface area contributed by atoms with E-state index in [2.05, 4.69) is 15.6 Å². The van der Waals surface area contributed by atoms with E-state index >= 15 is 0 Å². The van der Waals surface area contributed by atoms with E-state index in [1.165, 1.54) is 38.6 Å². The monoisotopic (exact) mass is 456 g/mol. The number of hydrogen-bond acceptors (Lipinski definition) is 11. The fourth-order valence-corrected chi connectivity index (χ4v) is 3.22. The molecule has 2 N–H and O–H groups in total. The molecule has 0 bridgehead atoms. The summed E-state index contributed by atoms with van der Waals surface area (Å²) in [6.07, 6.45) is -3.20. The Kier molecular flexibility index (Phi) is 7.91.